The molecule has 23 heavy (non-hydrogen) atoms. The van der Waals surface area contributed by atoms with E-state index in [1.54, 1.807) is 0 Å². The van der Waals surface area contributed by atoms with Crippen LogP contribution in [-0.4, -0.2) is 36.7 Å². The molecule has 122 valence electrons. The monoisotopic (exact) mass is 331 g/mol. The summed E-state index contributed by atoms with van der Waals surface area (Å²) in [6, 6.07) is 20.5. The molecule has 1 N–H and O–H groups in total. The van der Waals surface area contributed by atoms with Gasteiger partial charge in [-0.3, -0.25) is 9.45 Å². The van der Waals surface area contributed by atoms with E-state index in [0.29, 0.717) is 13.1 Å². The maximum Gasteiger partial charge on any atom is 0.265 e. The Morgan fingerprint density at radius 3 is 1.83 bits per heavy atom. The number of benzene rings is 2. The summed E-state index contributed by atoms with van der Waals surface area (Å²) in [5.41, 5.74) is 1.98. The fourth-order valence-corrected chi connectivity index (χ4v) is 4.60. The predicted molar refractivity (Wildman–Crippen MR) is 90.8 cm³/mol. The van der Waals surface area contributed by atoms with Gasteiger partial charge in [0.05, 0.1) is 11.8 Å². The van der Waals surface area contributed by atoms with E-state index in [9.17, 15) is 8.42 Å². The molecule has 0 atom stereocenters. The molecule has 1 fully saturated rings. The van der Waals surface area contributed by atoms with Crippen molar-refractivity contribution in [2.24, 2.45) is 5.41 Å². The molecule has 0 aromatic heterocycles. The van der Waals surface area contributed by atoms with E-state index in [1.807, 2.05) is 43.3 Å². The third-order valence-corrected chi connectivity index (χ3v) is 5.36. The van der Waals surface area contributed by atoms with Crippen molar-refractivity contribution in [2.45, 2.75) is 13.0 Å². The number of likely N-dealkylation sites (tertiary alicyclic amines) is 1. The third-order valence-electron chi connectivity index (χ3n) is 4.30. The highest BCUT2D eigenvalue weighted by Gasteiger charge is 2.45. The summed E-state index contributed by atoms with van der Waals surface area (Å²) in [5.74, 6) is -0.188. The first kappa shape index (κ1) is 16.2. The summed E-state index contributed by atoms with van der Waals surface area (Å²) in [4.78, 5) is 2.26. The normalized spacial score (nSPS) is 17.9. The molecule has 0 spiro atoms. The van der Waals surface area contributed by atoms with Gasteiger partial charge < -0.3 is 0 Å². The highest BCUT2D eigenvalue weighted by atomic mass is 32.2. The van der Waals surface area contributed by atoms with Gasteiger partial charge in [0.15, 0.2) is 0 Å². The fourth-order valence-electron chi connectivity index (χ4n) is 3.53. The van der Waals surface area contributed by atoms with Crippen molar-refractivity contribution >= 4 is 10.1 Å². The van der Waals surface area contributed by atoms with Gasteiger partial charge in [-0.1, -0.05) is 67.6 Å². The van der Waals surface area contributed by atoms with E-state index in [4.69, 9.17) is 4.55 Å². The molecule has 1 saturated heterocycles. The van der Waals surface area contributed by atoms with Gasteiger partial charge in [0.2, 0.25) is 0 Å². The lowest BCUT2D eigenvalue weighted by Crippen LogP contribution is -2.58. The van der Waals surface area contributed by atoms with Gasteiger partial charge in [0.1, 0.15) is 0 Å². The molecule has 5 heteroatoms. The van der Waals surface area contributed by atoms with Crippen molar-refractivity contribution in [3.05, 3.63) is 71.8 Å². The molecule has 0 saturated carbocycles. The van der Waals surface area contributed by atoms with Crippen LogP contribution in [-0.2, 0) is 10.1 Å². The minimum absolute atomic E-state index is 0.104. The quantitative estimate of drug-likeness (QED) is 0.856. The highest BCUT2D eigenvalue weighted by Crippen LogP contribution is 2.40. The minimum atomic E-state index is -3.95. The zero-order valence-electron chi connectivity index (χ0n) is 13.1. The second-order valence-electron chi connectivity index (χ2n) is 6.67. The number of hydrogen-bond donors (Lipinski definition) is 1. The van der Waals surface area contributed by atoms with Gasteiger partial charge in [-0.2, -0.15) is 8.42 Å². The standard InChI is InChI=1S/C18H21NO3S/c1-18(14-23(20,21)22)12-19(13-18)17(15-8-4-2-5-9-15)16-10-6-3-7-11-16/h2-11,17H,12-14H2,1H3,(H,20,21,22). The first-order chi connectivity index (χ1) is 10.9. The molecule has 1 aliphatic heterocycles. The van der Waals surface area contributed by atoms with Crippen LogP contribution < -0.4 is 0 Å². The summed E-state index contributed by atoms with van der Waals surface area (Å²) in [5, 5.41) is 0. The molecule has 0 bridgehead atoms. The van der Waals surface area contributed by atoms with E-state index in [1.165, 1.54) is 11.1 Å². The van der Waals surface area contributed by atoms with E-state index in [-0.39, 0.29) is 11.8 Å². The van der Waals surface area contributed by atoms with Gasteiger partial charge >= 0.3 is 0 Å². The summed E-state index contributed by atoms with van der Waals surface area (Å²) in [6.45, 7) is 3.19. The van der Waals surface area contributed by atoms with Gasteiger partial charge in [0.25, 0.3) is 10.1 Å². The summed E-state index contributed by atoms with van der Waals surface area (Å²) >= 11 is 0. The Morgan fingerprint density at radius 1 is 1.00 bits per heavy atom. The predicted octanol–water partition coefficient (Wildman–Crippen LogP) is 2.99. The summed E-state index contributed by atoms with van der Waals surface area (Å²) in [7, 11) is -3.95. The Bertz CT molecular complexity index is 714. The van der Waals surface area contributed by atoms with Crippen LogP contribution in [0.3, 0.4) is 0 Å². The van der Waals surface area contributed by atoms with E-state index < -0.39 is 15.5 Å². The van der Waals surface area contributed by atoms with Crippen LogP contribution >= 0.6 is 0 Å². The molecular formula is C18H21NO3S. The van der Waals surface area contributed by atoms with Crippen LogP contribution in [0.5, 0.6) is 0 Å². The zero-order chi connectivity index (χ0) is 16.5. The maximum atomic E-state index is 11.2. The molecular weight excluding hydrogens is 310 g/mol. The van der Waals surface area contributed by atoms with Crippen molar-refractivity contribution in [2.75, 3.05) is 18.8 Å². The van der Waals surface area contributed by atoms with Crippen molar-refractivity contribution in [3.8, 4) is 0 Å². The first-order valence-electron chi connectivity index (χ1n) is 7.65. The molecule has 0 aliphatic carbocycles. The number of nitrogens with zero attached hydrogens (tertiary/aromatic N) is 1. The van der Waals surface area contributed by atoms with E-state index in [2.05, 4.69) is 29.2 Å². The Morgan fingerprint density at radius 2 is 1.43 bits per heavy atom. The van der Waals surface area contributed by atoms with Crippen LogP contribution in [0.25, 0.3) is 0 Å². The SMILES string of the molecule is CC1(CS(=O)(=O)O)CN(C(c2ccccc2)c2ccccc2)C1. The number of rotatable bonds is 5. The van der Waals surface area contributed by atoms with Gasteiger partial charge in [0, 0.05) is 18.5 Å². The molecule has 0 amide bonds. The molecule has 2 aromatic carbocycles. The van der Waals surface area contributed by atoms with Gasteiger partial charge in [-0.25, -0.2) is 0 Å². The van der Waals surface area contributed by atoms with Crippen LogP contribution in [0.2, 0.25) is 0 Å². The van der Waals surface area contributed by atoms with Crippen LogP contribution in [0.4, 0.5) is 0 Å². The molecule has 1 aliphatic rings. The Kier molecular flexibility index (Phi) is 4.27. The second-order valence-corrected chi connectivity index (χ2v) is 8.12. The lowest BCUT2D eigenvalue weighted by Gasteiger charge is -2.51. The average Bonchev–Trinajstić information content (AvgIpc) is 2.46. The third kappa shape index (κ3) is 3.80. The van der Waals surface area contributed by atoms with Crippen LogP contribution in [0.15, 0.2) is 60.7 Å². The topological polar surface area (TPSA) is 57.6 Å². The Hall–Kier alpha value is -1.69. The van der Waals surface area contributed by atoms with Crippen molar-refractivity contribution in [1.82, 2.24) is 4.90 Å². The number of hydrogen-bond acceptors (Lipinski definition) is 3. The van der Waals surface area contributed by atoms with Gasteiger partial charge in [-0.15, -0.1) is 0 Å². The smallest absolute Gasteiger partial charge is 0.265 e. The highest BCUT2D eigenvalue weighted by molar-refractivity contribution is 7.85. The molecule has 4 nitrogen and oxygen atoms in total. The van der Waals surface area contributed by atoms with E-state index >= 15 is 0 Å². The van der Waals surface area contributed by atoms with Crippen molar-refractivity contribution < 1.29 is 13.0 Å². The molecule has 2 aromatic rings. The summed E-state index contributed by atoms with van der Waals surface area (Å²) < 4.78 is 31.5. The first-order valence-corrected chi connectivity index (χ1v) is 9.26. The molecule has 3 rings (SSSR count). The van der Waals surface area contributed by atoms with Gasteiger partial charge in [-0.05, 0) is 11.1 Å². The minimum Gasteiger partial charge on any atom is -0.291 e. The van der Waals surface area contributed by atoms with E-state index in [0.717, 1.165) is 0 Å². The second kappa shape index (κ2) is 6.07. The molecule has 0 unspecified atom stereocenters. The van der Waals surface area contributed by atoms with Crippen LogP contribution in [0.1, 0.15) is 24.1 Å². The fraction of sp³-hybridized carbons (Fsp3) is 0.333. The zero-order valence-corrected chi connectivity index (χ0v) is 13.9. The van der Waals surface area contributed by atoms with Crippen LogP contribution in [0, 0.1) is 5.41 Å². The largest absolute Gasteiger partial charge is 0.291 e. The lowest BCUT2D eigenvalue weighted by atomic mass is 9.80. The Labute approximate surface area is 137 Å². The average molecular weight is 331 g/mol. The lowest BCUT2D eigenvalue weighted by molar-refractivity contribution is 0.00742. The summed E-state index contributed by atoms with van der Waals surface area (Å²) in [6.07, 6.45) is 0. The van der Waals surface area contributed by atoms with Crippen molar-refractivity contribution in [1.29, 1.82) is 0 Å². The maximum absolute atomic E-state index is 11.2. The van der Waals surface area contributed by atoms with Crippen molar-refractivity contribution in [3.63, 3.8) is 0 Å². The molecule has 0 radical (unpaired) electrons. The molecule has 1 heterocycles. The Balaban J connectivity index is 1.85.